The van der Waals surface area contributed by atoms with Crippen LogP contribution in [-0.2, 0) is 6.61 Å². The highest BCUT2D eigenvalue weighted by molar-refractivity contribution is 9.10. The van der Waals surface area contributed by atoms with Crippen LogP contribution >= 0.6 is 15.9 Å². The third-order valence-electron chi connectivity index (χ3n) is 2.62. The van der Waals surface area contributed by atoms with Crippen LogP contribution in [0.25, 0.3) is 0 Å². The van der Waals surface area contributed by atoms with Crippen LogP contribution in [0.1, 0.15) is 11.1 Å². The molecule has 6 heteroatoms. The third kappa shape index (κ3) is 3.13. The molecule has 0 spiro atoms. The number of nitrogens with zero attached hydrogens (tertiary/aromatic N) is 2. The molecule has 0 unspecified atom stereocenters. The molecule has 0 fully saturated rings. The van der Waals surface area contributed by atoms with Crippen LogP contribution in [0, 0.1) is 21.4 Å². The second-order valence-corrected chi connectivity index (χ2v) is 4.74. The monoisotopic (exact) mass is 332 g/mol. The van der Waals surface area contributed by atoms with Crippen LogP contribution in [0.4, 0.5) is 5.69 Å². The molecule has 2 rings (SSSR count). The average Bonchev–Trinajstić information content (AvgIpc) is 2.46. The van der Waals surface area contributed by atoms with Crippen LogP contribution in [0.5, 0.6) is 5.75 Å². The van der Waals surface area contributed by atoms with Gasteiger partial charge in [0.15, 0.2) is 0 Å². The molecular formula is C14H9BrN2O3. The largest absolute Gasteiger partial charge is 0.487 e. The van der Waals surface area contributed by atoms with E-state index in [2.05, 4.69) is 15.9 Å². The number of nitro groups is 1. The zero-order valence-electron chi connectivity index (χ0n) is 10.2. The lowest BCUT2D eigenvalue weighted by atomic mass is 10.1. The van der Waals surface area contributed by atoms with Gasteiger partial charge in [0.25, 0.3) is 5.69 Å². The smallest absolute Gasteiger partial charge is 0.287 e. The number of nitro benzene ring substituents is 1. The minimum atomic E-state index is -0.474. The quantitative estimate of drug-likeness (QED) is 0.630. The average molecular weight is 333 g/mol. The molecule has 2 aromatic rings. The molecule has 0 atom stereocenters. The van der Waals surface area contributed by atoms with Crippen LogP contribution in [-0.4, -0.2) is 4.92 Å². The third-order valence-corrected chi connectivity index (χ3v) is 3.41. The summed E-state index contributed by atoms with van der Waals surface area (Å²) in [6, 6.07) is 13.6. The van der Waals surface area contributed by atoms with Crippen molar-refractivity contribution in [2.24, 2.45) is 0 Å². The molecule has 100 valence electrons. The molecule has 0 aliphatic heterocycles. The summed E-state index contributed by atoms with van der Waals surface area (Å²) in [5, 5.41) is 19.5. The van der Waals surface area contributed by atoms with Crippen molar-refractivity contribution in [2.75, 3.05) is 0 Å². The lowest BCUT2D eigenvalue weighted by molar-refractivity contribution is -0.385. The summed E-state index contributed by atoms with van der Waals surface area (Å²) in [7, 11) is 0. The molecule has 0 amide bonds. The van der Waals surface area contributed by atoms with E-state index >= 15 is 0 Å². The zero-order chi connectivity index (χ0) is 14.5. The Hall–Kier alpha value is -2.39. The lowest BCUT2D eigenvalue weighted by Gasteiger charge is -2.08. The summed E-state index contributed by atoms with van der Waals surface area (Å²) in [6.45, 7) is 0.269. The molecule has 0 saturated carbocycles. The Bertz CT molecular complexity index is 678. The Morgan fingerprint density at radius 3 is 2.55 bits per heavy atom. The first-order valence-electron chi connectivity index (χ1n) is 5.66. The Morgan fingerprint density at radius 1 is 1.25 bits per heavy atom. The number of nitriles is 1. The topological polar surface area (TPSA) is 76.2 Å². The highest BCUT2D eigenvalue weighted by Crippen LogP contribution is 2.34. The van der Waals surface area contributed by atoms with Gasteiger partial charge >= 0.3 is 0 Å². The zero-order valence-corrected chi connectivity index (χ0v) is 11.8. The van der Waals surface area contributed by atoms with Crippen LogP contribution in [0.3, 0.4) is 0 Å². The van der Waals surface area contributed by atoms with Gasteiger partial charge in [-0.25, -0.2) is 0 Å². The molecule has 20 heavy (non-hydrogen) atoms. The van der Waals surface area contributed by atoms with Gasteiger partial charge in [0.2, 0.25) is 0 Å². The van der Waals surface area contributed by atoms with Crippen molar-refractivity contribution >= 4 is 21.6 Å². The van der Waals surface area contributed by atoms with Crippen molar-refractivity contribution in [3.8, 4) is 11.8 Å². The fourth-order valence-electron chi connectivity index (χ4n) is 1.59. The molecule has 0 aromatic heterocycles. The van der Waals surface area contributed by atoms with E-state index in [0.717, 1.165) is 5.56 Å². The summed E-state index contributed by atoms with van der Waals surface area (Å²) < 4.78 is 5.87. The van der Waals surface area contributed by atoms with Crippen molar-refractivity contribution in [1.29, 1.82) is 5.26 Å². The van der Waals surface area contributed by atoms with Gasteiger partial charge in [0, 0.05) is 6.07 Å². The van der Waals surface area contributed by atoms with Gasteiger partial charge in [-0.3, -0.25) is 10.1 Å². The van der Waals surface area contributed by atoms with E-state index in [1.54, 1.807) is 36.4 Å². The first-order valence-corrected chi connectivity index (χ1v) is 6.46. The van der Waals surface area contributed by atoms with Gasteiger partial charge in [-0.2, -0.15) is 5.26 Å². The van der Waals surface area contributed by atoms with E-state index in [4.69, 9.17) is 10.00 Å². The number of hydrogen-bond acceptors (Lipinski definition) is 4. The fourth-order valence-corrected chi connectivity index (χ4v) is 2.11. The number of halogens is 1. The highest BCUT2D eigenvalue weighted by atomic mass is 79.9. The first kappa shape index (κ1) is 14.0. The van der Waals surface area contributed by atoms with Gasteiger partial charge < -0.3 is 4.74 Å². The predicted molar refractivity (Wildman–Crippen MR) is 76.3 cm³/mol. The standard InChI is InChI=1S/C14H9BrN2O3/c15-14-12(17(18)19)2-1-3-13(14)20-9-11-6-4-10(8-16)5-7-11/h1-7H,9H2. The highest BCUT2D eigenvalue weighted by Gasteiger charge is 2.15. The van der Waals surface area contributed by atoms with E-state index in [-0.39, 0.29) is 12.3 Å². The molecule has 0 heterocycles. The van der Waals surface area contributed by atoms with Gasteiger partial charge in [-0.05, 0) is 39.7 Å². The molecule has 5 nitrogen and oxygen atoms in total. The Balaban J connectivity index is 2.13. The second-order valence-electron chi connectivity index (χ2n) is 3.94. The first-order chi connectivity index (χ1) is 9.61. The summed E-state index contributed by atoms with van der Waals surface area (Å²) >= 11 is 3.17. The van der Waals surface area contributed by atoms with Gasteiger partial charge in [0.05, 0.1) is 16.6 Å². The molecule has 0 N–H and O–H groups in total. The number of hydrogen-bond donors (Lipinski definition) is 0. The Morgan fingerprint density at radius 2 is 1.95 bits per heavy atom. The van der Waals surface area contributed by atoms with Crippen molar-refractivity contribution in [2.45, 2.75) is 6.61 Å². The van der Waals surface area contributed by atoms with E-state index in [1.165, 1.54) is 6.07 Å². The maximum atomic E-state index is 10.8. The summed E-state index contributed by atoms with van der Waals surface area (Å²) in [6.07, 6.45) is 0. The molecule has 0 radical (unpaired) electrons. The minimum absolute atomic E-state index is 0.0395. The SMILES string of the molecule is N#Cc1ccc(COc2cccc([N+](=O)[O-])c2Br)cc1. The van der Waals surface area contributed by atoms with E-state index < -0.39 is 4.92 Å². The number of rotatable bonds is 4. The molecule has 2 aromatic carbocycles. The van der Waals surface area contributed by atoms with Gasteiger partial charge in [-0.15, -0.1) is 0 Å². The molecule has 0 aliphatic carbocycles. The van der Waals surface area contributed by atoms with Gasteiger partial charge in [-0.1, -0.05) is 18.2 Å². The predicted octanol–water partition coefficient (Wildman–Crippen LogP) is 3.81. The van der Waals surface area contributed by atoms with Crippen LogP contribution in [0.15, 0.2) is 46.9 Å². The maximum Gasteiger partial charge on any atom is 0.287 e. The van der Waals surface area contributed by atoms with E-state index in [9.17, 15) is 10.1 Å². The van der Waals surface area contributed by atoms with Crippen molar-refractivity contribution in [1.82, 2.24) is 0 Å². The summed E-state index contributed by atoms with van der Waals surface area (Å²) in [5.74, 6) is 0.406. The Kier molecular flexibility index (Phi) is 4.33. The van der Waals surface area contributed by atoms with Crippen LogP contribution < -0.4 is 4.74 Å². The number of benzene rings is 2. The molecule has 0 saturated heterocycles. The fraction of sp³-hybridized carbons (Fsp3) is 0.0714. The molecule has 0 aliphatic rings. The maximum absolute atomic E-state index is 10.8. The Labute approximate surface area is 123 Å². The van der Waals surface area contributed by atoms with Gasteiger partial charge in [0.1, 0.15) is 16.8 Å². The van der Waals surface area contributed by atoms with E-state index in [1.807, 2.05) is 6.07 Å². The second kappa shape index (κ2) is 6.17. The lowest BCUT2D eigenvalue weighted by Crippen LogP contribution is -1.98. The van der Waals surface area contributed by atoms with Crippen LogP contribution in [0.2, 0.25) is 0 Å². The van der Waals surface area contributed by atoms with Crippen molar-refractivity contribution in [3.63, 3.8) is 0 Å². The summed E-state index contributed by atoms with van der Waals surface area (Å²) in [5.41, 5.74) is 1.41. The minimum Gasteiger partial charge on any atom is -0.487 e. The van der Waals surface area contributed by atoms with Crippen molar-refractivity contribution in [3.05, 3.63) is 68.2 Å². The number of ether oxygens (including phenoxy) is 1. The van der Waals surface area contributed by atoms with Crippen molar-refractivity contribution < 1.29 is 9.66 Å². The molecular weight excluding hydrogens is 324 g/mol. The van der Waals surface area contributed by atoms with E-state index in [0.29, 0.717) is 15.8 Å². The molecule has 0 bridgehead atoms. The normalized spacial score (nSPS) is 9.80. The summed E-state index contributed by atoms with van der Waals surface area (Å²) in [4.78, 5) is 10.3.